The summed E-state index contributed by atoms with van der Waals surface area (Å²) in [5, 5.41) is 3.62. The summed E-state index contributed by atoms with van der Waals surface area (Å²) in [5.41, 5.74) is 5.17. The van der Waals surface area contributed by atoms with Crippen LogP contribution in [0.2, 0.25) is 5.02 Å². The predicted octanol–water partition coefficient (Wildman–Crippen LogP) is 7.35. The Balaban J connectivity index is 1.47. The smallest absolute Gasteiger partial charge is 0.311 e. The van der Waals surface area contributed by atoms with Crippen molar-refractivity contribution < 1.29 is 19.1 Å². The third kappa shape index (κ3) is 6.61. The monoisotopic (exact) mass is 543 g/mol. The number of halogens is 2. The Morgan fingerprint density at radius 1 is 0.971 bits per heavy atom. The van der Waals surface area contributed by atoms with Crippen LogP contribution in [0.3, 0.4) is 0 Å². The second-order valence-corrected chi connectivity index (χ2v) is 9.34. The van der Waals surface area contributed by atoms with Crippen molar-refractivity contribution in [2.24, 2.45) is 0 Å². The summed E-state index contributed by atoms with van der Waals surface area (Å²) < 4.78 is 12.0. The van der Waals surface area contributed by atoms with E-state index in [4.69, 9.17) is 21.1 Å². The van der Waals surface area contributed by atoms with Gasteiger partial charge in [0.1, 0.15) is 11.5 Å². The summed E-state index contributed by atoms with van der Waals surface area (Å²) in [7, 11) is 0. The predicted molar refractivity (Wildman–Crippen MR) is 139 cm³/mol. The second kappa shape index (κ2) is 11.5. The first-order valence-electron chi connectivity index (χ1n) is 10.9. The first-order chi connectivity index (χ1) is 16.2. The molecule has 0 saturated carbocycles. The molecule has 0 aliphatic carbocycles. The Bertz CT molecular complexity index is 1210. The van der Waals surface area contributed by atoms with Crippen LogP contribution in [-0.4, -0.2) is 18.5 Å². The van der Waals surface area contributed by atoms with Crippen LogP contribution < -0.4 is 14.8 Å². The largest absolute Gasteiger partial charge is 0.492 e. The van der Waals surface area contributed by atoms with Crippen LogP contribution in [0.25, 0.3) is 0 Å². The van der Waals surface area contributed by atoms with Gasteiger partial charge in [0.15, 0.2) is 0 Å². The number of nitrogens with one attached hydrogen (secondary N) is 1. The summed E-state index contributed by atoms with van der Waals surface area (Å²) in [6.07, 6.45) is 0.709. The number of anilines is 1. The maximum Gasteiger partial charge on any atom is 0.311 e. The average molecular weight is 545 g/mol. The van der Waals surface area contributed by atoms with Crippen molar-refractivity contribution in [1.82, 2.24) is 0 Å². The van der Waals surface area contributed by atoms with E-state index in [9.17, 15) is 9.59 Å². The number of benzene rings is 3. The van der Waals surface area contributed by atoms with Gasteiger partial charge in [-0.2, -0.15) is 0 Å². The first-order valence-corrected chi connectivity index (χ1v) is 12.1. The lowest BCUT2D eigenvalue weighted by atomic mass is 10.1. The summed E-state index contributed by atoms with van der Waals surface area (Å²) >= 11 is 9.74. The maximum atomic E-state index is 12.5. The fourth-order valence-corrected chi connectivity index (χ4v) is 4.02. The van der Waals surface area contributed by atoms with Crippen LogP contribution in [0.4, 0.5) is 5.69 Å². The van der Waals surface area contributed by atoms with Gasteiger partial charge in [-0.15, -0.1) is 0 Å². The number of hydrogen-bond acceptors (Lipinski definition) is 4. The highest BCUT2D eigenvalue weighted by atomic mass is 79.9. The van der Waals surface area contributed by atoms with E-state index in [1.165, 1.54) is 0 Å². The molecule has 0 fully saturated rings. The van der Waals surface area contributed by atoms with Gasteiger partial charge in [-0.25, -0.2) is 0 Å². The minimum absolute atomic E-state index is 0.206. The summed E-state index contributed by atoms with van der Waals surface area (Å²) in [6, 6.07) is 14.3. The highest BCUT2D eigenvalue weighted by molar-refractivity contribution is 9.10. The molecule has 0 aliphatic heterocycles. The van der Waals surface area contributed by atoms with Crippen molar-refractivity contribution in [3.05, 3.63) is 85.8 Å². The van der Waals surface area contributed by atoms with E-state index in [2.05, 4.69) is 21.2 Å². The maximum absolute atomic E-state index is 12.5. The van der Waals surface area contributed by atoms with Crippen LogP contribution >= 0.6 is 27.5 Å². The highest BCUT2D eigenvalue weighted by Gasteiger charge is 2.12. The van der Waals surface area contributed by atoms with Gasteiger partial charge in [0.2, 0.25) is 0 Å². The minimum atomic E-state index is -0.362. The lowest BCUT2D eigenvalue weighted by Crippen LogP contribution is -2.13. The number of amides is 1. The molecule has 1 amide bonds. The number of ether oxygens (including phenoxy) is 2. The van der Waals surface area contributed by atoms with Crippen molar-refractivity contribution in [2.45, 2.75) is 40.5 Å². The third-order valence-corrected chi connectivity index (χ3v) is 6.91. The quantitative estimate of drug-likeness (QED) is 0.183. The molecule has 0 heterocycles. The molecule has 0 saturated heterocycles. The van der Waals surface area contributed by atoms with Gasteiger partial charge in [-0.05, 0) is 109 Å². The molecule has 1 N–H and O–H groups in total. The molecule has 0 bridgehead atoms. The zero-order chi connectivity index (χ0) is 24.8. The van der Waals surface area contributed by atoms with E-state index in [1.54, 1.807) is 24.3 Å². The van der Waals surface area contributed by atoms with E-state index in [-0.39, 0.29) is 18.3 Å². The lowest BCUT2D eigenvalue weighted by molar-refractivity contribution is -0.134. The van der Waals surface area contributed by atoms with E-state index in [1.807, 2.05) is 52.0 Å². The standard InChI is InChI=1S/C27H27BrClNO4/c1-16-7-8-17(2)22(14-16)30-27(32)20-9-11-21(12-10-20)34-24(31)6-5-13-33-23-15-18(3)26(29)19(4)25(23)28/h7-12,14-15H,5-6,13H2,1-4H3,(H,30,32). The summed E-state index contributed by atoms with van der Waals surface area (Å²) in [5.74, 6) is 0.504. The molecule has 34 heavy (non-hydrogen) atoms. The van der Waals surface area contributed by atoms with Crippen LogP contribution in [0.1, 0.15) is 45.5 Å². The number of hydrogen-bond donors (Lipinski definition) is 1. The Labute approximate surface area is 213 Å². The van der Waals surface area contributed by atoms with Crippen LogP contribution in [-0.2, 0) is 4.79 Å². The van der Waals surface area contributed by atoms with Crippen LogP contribution in [0.5, 0.6) is 11.5 Å². The molecule has 3 rings (SSSR count). The minimum Gasteiger partial charge on any atom is -0.492 e. The zero-order valence-electron chi connectivity index (χ0n) is 19.6. The van der Waals surface area contributed by atoms with Gasteiger partial charge in [0.05, 0.1) is 11.1 Å². The van der Waals surface area contributed by atoms with Gasteiger partial charge < -0.3 is 14.8 Å². The number of carbonyl (C=O) groups is 2. The molecule has 0 spiro atoms. The normalized spacial score (nSPS) is 10.6. The van der Waals surface area contributed by atoms with Crippen molar-refractivity contribution in [1.29, 1.82) is 0 Å². The van der Waals surface area contributed by atoms with Crippen molar-refractivity contribution >= 4 is 45.1 Å². The fraction of sp³-hybridized carbons (Fsp3) is 0.259. The van der Waals surface area contributed by atoms with Crippen molar-refractivity contribution in [2.75, 3.05) is 11.9 Å². The molecule has 0 aromatic heterocycles. The van der Waals surface area contributed by atoms with Crippen molar-refractivity contribution in [3.8, 4) is 11.5 Å². The molecule has 0 aliphatic rings. The van der Waals surface area contributed by atoms with Crippen LogP contribution in [0.15, 0.2) is 53.0 Å². The zero-order valence-corrected chi connectivity index (χ0v) is 22.0. The second-order valence-electron chi connectivity index (χ2n) is 8.17. The average Bonchev–Trinajstić information content (AvgIpc) is 2.81. The molecule has 5 nitrogen and oxygen atoms in total. The van der Waals surface area contributed by atoms with Gasteiger partial charge >= 0.3 is 5.97 Å². The van der Waals surface area contributed by atoms with Crippen LogP contribution in [0, 0.1) is 27.7 Å². The molecule has 0 atom stereocenters. The molecule has 3 aromatic rings. The van der Waals surface area contributed by atoms with Gasteiger partial charge in [-0.3, -0.25) is 9.59 Å². The lowest BCUT2D eigenvalue weighted by Gasteiger charge is -2.13. The Hall–Kier alpha value is -2.83. The first kappa shape index (κ1) is 25.8. The SMILES string of the molecule is Cc1ccc(C)c(NC(=O)c2ccc(OC(=O)CCCOc3cc(C)c(Cl)c(C)c3Br)cc2)c1. The Morgan fingerprint density at radius 3 is 2.38 bits per heavy atom. The summed E-state index contributed by atoms with van der Waals surface area (Å²) in [6.45, 7) is 8.13. The molecule has 3 aromatic carbocycles. The van der Waals surface area contributed by atoms with E-state index in [0.717, 1.165) is 32.4 Å². The highest BCUT2D eigenvalue weighted by Crippen LogP contribution is 2.35. The third-order valence-electron chi connectivity index (χ3n) is 5.34. The topological polar surface area (TPSA) is 64.6 Å². The van der Waals surface area contributed by atoms with Gasteiger partial charge in [0.25, 0.3) is 5.91 Å². The van der Waals surface area contributed by atoms with E-state index < -0.39 is 0 Å². The molecule has 7 heteroatoms. The number of rotatable bonds is 8. The number of aryl methyl sites for hydroxylation is 3. The molecule has 0 unspecified atom stereocenters. The molecular formula is C27H27BrClNO4. The van der Waals surface area contributed by atoms with Gasteiger partial charge in [-0.1, -0.05) is 23.7 Å². The summed E-state index contributed by atoms with van der Waals surface area (Å²) in [4.78, 5) is 24.7. The fourth-order valence-electron chi connectivity index (χ4n) is 3.33. The Kier molecular flexibility index (Phi) is 8.75. The van der Waals surface area contributed by atoms with E-state index >= 15 is 0 Å². The van der Waals surface area contributed by atoms with E-state index in [0.29, 0.717) is 35.1 Å². The number of esters is 1. The Morgan fingerprint density at radius 2 is 1.68 bits per heavy atom. The molecular weight excluding hydrogens is 518 g/mol. The van der Waals surface area contributed by atoms with Crippen molar-refractivity contribution in [3.63, 3.8) is 0 Å². The molecule has 0 radical (unpaired) electrons. The van der Waals surface area contributed by atoms with Gasteiger partial charge in [0, 0.05) is 22.7 Å². The molecule has 178 valence electrons. The number of carbonyl (C=O) groups excluding carboxylic acids is 2.